The Morgan fingerprint density at radius 3 is 2.45 bits per heavy atom. The summed E-state index contributed by atoms with van der Waals surface area (Å²) < 4.78 is 45.9. The third-order valence-electron chi connectivity index (χ3n) is 5.59. The van der Waals surface area contributed by atoms with Gasteiger partial charge in [-0.2, -0.15) is 0 Å². The lowest BCUT2D eigenvalue weighted by molar-refractivity contribution is -0.274. The van der Waals surface area contributed by atoms with E-state index in [0.29, 0.717) is 38.2 Å². The first-order valence-corrected chi connectivity index (χ1v) is 9.46. The molecular weight excluding hydrogens is 391 g/mol. The van der Waals surface area contributed by atoms with E-state index in [1.54, 1.807) is 0 Å². The van der Waals surface area contributed by atoms with Gasteiger partial charge in [-0.3, -0.25) is 4.79 Å². The van der Waals surface area contributed by atoms with Crippen molar-refractivity contribution in [3.8, 4) is 5.75 Å². The highest BCUT2D eigenvalue weighted by atomic mass is 19.4. The van der Waals surface area contributed by atoms with Crippen LogP contribution in [-0.4, -0.2) is 49.0 Å². The number of nitrogens with one attached hydrogen (secondary N) is 1. The van der Waals surface area contributed by atoms with Crippen LogP contribution in [0.2, 0.25) is 0 Å². The van der Waals surface area contributed by atoms with Crippen LogP contribution in [0, 0.1) is 5.41 Å². The average molecular weight is 415 g/mol. The zero-order chi connectivity index (χ0) is 21.1. The smallest absolute Gasteiger partial charge is 0.406 e. The third-order valence-corrected chi connectivity index (χ3v) is 5.59. The first-order chi connectivity index (χ1) is 13.7. The van der Waals surface area contributed by atoms with Gasteiger partial charge in [0, 0.05) is 31.7 Å². The summed E-state index contributed by atoms with van der Waals surface area (Å²) in [6, 6.07) is 4.10. The van der Waals surface area contributed by atoms with Crippen molar-refractivity contribution < 1.29 is 32.2 Å². The number of nitrogens with zero attached hydrogens (tertiary/aromatic N) is 1. The number of carbonyl (C=O) groups excluding carboxylic acids is 2. The van der Waals surface area contributed by atoms with Crippen molar-refractivity contribution in [3.05, 3.63) is 29.8 Å². The molecule has 0 aromatic heterocycles. The topological polar surface area (TPSA) is 93.9 Å². The first kappa shape index (κ1) is 21.2. The molecule has 1 atom stereocenters. The molecule has 1 aromatic rings. The number of urea groups is 1. The molecule has 160 valence electrons. The van der Waals surface area contributed by atoms with Gasteiger partial charge in [-0.05, 0) is 43.4 Å². The molecule has 0 radical (unpaired) electrons. The molecule has 29 heavy (non-hydrogen) atoms. The van der Waals surface area contributed by atoms with Crippen LogP contribution in [-0.2, 0) is 16.1 Å². The van der Waals surface area contributed by atoms with E-state index in [9.17, 15) is 22.8 Å². The number of alkyl halides is 3. The van der Waals surface area contributed by atoms with Crippen LogP contribution in [0.1, 0.15) is 31.2 Å². The minimum atomic E-state index is -4.76. The van der Waals surface area contributed by atoms with Crippen LogP contribution in [0.3, 0.4) is 0 Å². The van der Waals surface area contributed by atoms with Crippen LogP contribution < -0.4 is 15.8 Å². The number of hydrogen-bond acceptors (Lipinski definition) is 4. The molecule has 0 saturated carbocycles. The quantitative estimate of drug-likeness (QED) is 0.790. The summed E-state index contributed by atoms with van der Waals surface area (Å²) >= 11 is 0. The zero-order valence-corrected chi connectivity index (χ0v) is 15.8. The van der Waals surface area contributed by atoms with Gasteiger partial charge in [-0.1, -0.05) is 12.1 Å². The lowest BCUT2D eigenvalue weighted by Gasteiger charge is -2.50. The molecule has 1 aromatic carbocycles. The summed E-state index contributed by atoms with van der Waals surface area (Å²) in [6.45, 7) is 1.58. The highest BCUT2D eigenvalue weighted by molar-refractivity contribution is 5.87. The first-order valence-electron chi connectivity index (χ1n) is 9.46. The Labute approximate surface area is 166 Å². The van der Waals surface area contributed by atoms with Gasteiger partial charge in [-0.25, -0.2) is 4.79 Å². The lowest BCUT2D eigenvalue weighted by atomic mass is 9.67. The standard InChI is InChI=1S/C19H24F3N3O4/c20-19(21,22)29-14-4-2-13(3-5-14)12-24-17(27)25-9-1-6-18(15(25)16(23)26)7-10-28-11-8-18/h2-5,15H,1,6-12H2,(H2,23,26)(H,24,27). The van der Waals surface area contributed by atoms with E-state index in [4.69, 9.17) is 10.5 Å². The number of benzene rings is 1. The number of piperidine rings is 1. The van der Waals surface area contributed by atoms with Gasteiger partial charge in [0.15, 0.2) is 0 Å². The highest BCUT2D eigenvalue weighted by Gasteiger charge is 2.49. The molecule has 2 aliphatic rings. The largest absolute Gasteiger partial charge is 0.573 e. The molecule has 0 aliphatic carbocycles. The van der Waals surface area contributed by atoms with Crippen molar-refractivity contribution in [1.29, 1.82) is 0 Å². The van der Waals surface area contributed by atoms with E-state index in [0.717, 1.165) is 12.8 Å². The summed E-state index contributed by atoms with van der Waals surface area (Å²) in [6.07, 6.45) is -1.83. The zero-order valence-electron chi connectivity index (χ0n) is 15.8. The summed E-state index contributed by atoms with van der Waals surface area (Å²) in [4.78, 5) is 26.5. The van der Waals surface area contributed by atoms with E-state index in [-0.39, 0.29) is 17.7 Å². The Hall–Kier alpha value is -2.49. The van der Waals surface area contributed by atoms with Crippen LogP contribution in [0.25, 0.3) is 0 Å². The molecular formula is C19H24F3N3O4. The van der Waals surface area contributed by atoms with Gasteiger partial charge >= 0.3 is 12.4 Å². The molecule has 2 saturated heterocycles. The highest BCUT2D eigenvalue weighted by Crippen LogP contribution is 2.44. The number of hydrogen-bond donors (Lipinski definition) is 2. The van der Waals surface area contributed by atoms with Gasteiger partial charge in [0.2, 0.25) is 5.91 Å². The fraction of sp³-hybridized carbons (Fsp3) is 0.579. The normalized spacial score (nSPS) is 21.6. The van der Waals surface area contributed by atoms with Gasteiger partial charge in [0.25, 0.3) is 0 Å². The van der Waals surface area contributed by atoms with E-state index < -0.39 is 24.3 Å². The molecule has 1 spiro atoms. The summed E-state index contributed by atoms with van der Waals surface area (Å²) in [7, 11) is 0. The van der Waals surface area contributed by atoms with Crippen LogP contribution in [0.4, 0.5) is 18.0 Å². The second-order valence-corrected chi connectivity index (χ2v) is 7.43. The summed E-state index contributed by atoms with van der Waals surface area (Å²) in [5, 5.41) is 2.73. The van der Waals surface area contributed by atoms with Crippen molar-refractivity contribution in [2.75, 3.05) is 19.8 Å². The van der Waals surface area contributed by atoms with Crippen LogP contribution in [0.15, 0.2) is 24.3 Å². The minimum absolute atomic E-state index is 0.100. The fourth-order valence-electron chi connectivity index (χ4n) is 4.26. The van der Waals surface area contributed by atoms with Gasteiger partial charge in [0.1, 0.15) is 11.8 Å². The number of carbonyl (C=O) groups is 2. The van der Waals surface area contributed by atoms with Crippen LogP contribution in [0.5, 0.6) is 5.75 Å². The Morgan fingerprint density at radius 2 is 1.86 bits per heavy atom. The molecule has 3 amide bonds. The molecule has 3 N–H and O–H groups in total. The van der Waals surface area contributed by atoms with Crippen molar-refractivity contribution >= 4 is 11.9 Å². The molecule has 3 rings (SSSR count). The van der Waals surface area contributed by atoms with Gasteiger partial charge in [0.05, 0.1) is 0 Å². The second kappa shape index (κ2) is 8.48. The van der Waals surface area contributed by atoms with Crippen molar-refractivity contribution in [1.82, 2.24) is 10.2 Å². The summed E-state index contributed by atoms with van der Waals surface area (Å²) in [5.74, 6) is -0.866. The van der Waals surface area contributed by atoms with Crippen molar-refractivity contribution in [2.24, 2.45) is 11.1 Å². The fourth-order valence-corrected chi connectivity index (χ4v) is 4.26. The molecule has 2 aliphatic heterocycles. The average Bonchev–Trinajstić information content (AvgIpc) is 2.66. The van der Waals surface area contributed by atoms with Crippen LogP contribution >= 0.6 is 0 Å². The predicted octanol–water partition coefficient (Wildman–Crippen LogP) is 2.54. The molecule has 1 unspecified atom stereocenters. The van der Waals surface area contributed by atoms with E-state index in [1.165, 1.54) is 29.2 Å². The number of rotatable bonds is 4. The number of likely N-dealkylation sites (tertiary alicyclic amines) is 1. The molecule has 0 bridgehead atoms. The molecule has 10 heteroatoms. The monoisotopic (exact) mass is 415 g/mol. The Bertz CT molecular complexity index is 728. The molecule has 7 nitrogen and oxygen atoms in total. The maximum atomic E-state index is 12.8. The van der Waals surface area contributed by atoms with Gasteiger partial charge in [-0.15, -0.1) is 13.2 Å². The maximum Gasteiger partial charge on any atom is 0.573 e. The molecule has 2 fully saturated rings. The predicted molar refractivity (Wildman–Crippen MR) is 96.8 cm³/mol. The number of primary amides is 1. The summed E-state index contributed by atoms with van der Waals surface area (Å²) in [5.41, 5.74) is 5.90. The minimum Gasteiger partial charge on any atom is -0.406 e. The Morgan fingerprint density at radius 1 is 1.21 bits per heavy atom. The third kappa shape index (κ3) is 5.11. The van der Waals surface area contributed by atoms with Crippen molar-refractivity contribution in [3.63, 3.8) is 0 Å². The second-order valence-electron chi connectivity index (χ2n) is 7.43. The molecule has 2 heterocycles. The lowest BCUT2D eigenvalue weighted by Crippen LogP contribution is -2.63. The van der Waals surface area contributed by atoms with E-state index in [1.807, 2.05) is 0 Å². The number of ether oxygens (including phenoxy) is 2. The number of amides is 3. The maximum absolute atomic E-state index is 12.8. The Balaban J connectivity index is 1.64. The van der Waals surface area contributed by atoms with Crippen molar-refractivity contribution in [2.45, 2.75) is 44.6 Å². The number of nitrogens with two attached hydrogens (primary N) is 1. The van der Waals surface area contributed by atoms with E-state index >= 15 is 0 Å². The number of halogens is 3. The Kier molecular flexibility index (Phi) is 6.21. The van der Waals surface area contributed by atoms with E-state index in [2.05, 4.69) is 10.1 Å². The SMILES string of the molecule is NC(=O)C1N(C(=O)NCc2ccc(OC(F)(F)F)cc2)CCCC12CCOCC2. The van der Waals surface area contributed by atoms with Gasteiger partial charge < -0.3 is 25.4 Å².